The van der Waals surface area contributed by atoms with E-state index in [0.29, 0.717) is 6.54 Å². The molecule has 1 heterocycles. The predicted molar refractivity (Wildman–Crippen MR) is 74.2 cm³/mol. The lowest BCUT2D eigenvalue weighted by molar-refractivity contribution is 0.414. The fourth-order valence-electron chi connectivity index (χ4n) is 1.72. The Hall–Kier alpha value is -2.12. The van der Waals surface area contributed by atoms with E-state index in [-0.39, 0.29) is 4.90 Å². The molecule has 0 saturated carbocycles. The number of nitrogens with zero attached hydrogens (tertiary/aromatic N) is 1. The zero-order valence-electron chi connectivity index (χ0n) is 10.8. The minimum atomic E-state index is -3.85. The van der Waals surface area contributed by atoms with Crippen molar-refractivity contribution in [1.82, 2.24) is 4.57 Å². The second kappa shape index (κ2) is 5.48. The molecular weight excluding hydrogens is 280 g/mol. The molecule has 0 spiro atoms. The number of ether oxygens (including phenoxy) is 1. The zero-order valence-corrected chi connectivity index (χ0v) is 11.6. The summed E-state index contributed by atoms with van der Waals surface area (Å²) in [6.07, 6.45) is 1.41. The Morgan fingerprint density at radius 1 is 1.20 bits per heavy atom. The molecule has 0 aliphatic carbocycles. The Labute approximate surface area is 116 Å². The van der Waals surface area contributed by atoms with Gasteiger partial charge in [0.2, 0.25) is 10.0 Å². The molecular formula is C13H14N2O4S. The number of hydrogen-bond donors (Lipinski definition) is 1. The molecule has 0 bridgehead atoms. The van der Waals surface area contributed by atoms with Crippen molar-refractivity contribution >= 4 is 10.0 Å². The highest BCUT2D eigenvalue weighted by Crippen LogP contribution is 2.12. The van der Waals surface area contributed by atoms with Crippen LogP contribution in [0.4, 0.5) is 0 Å². The lowest BCUT2D eigenvalue weighted by atomic mass is 10.2. The van der Waals surface area contributed by atoms with Gasteiger partial charge in [-0.3, -0.25) is 4.79 Å². The number of aromatic nitrogens is 1. The van der Waals surface area contributed by atoms with Crippen molar-refractivity contribution < 1.29 is 13.2 Å². The minimum absolute atomic E-state index is 0.187. The number of methoxy groups -OCH3 is 1. The van der Waals surface area contributed by atoms with Gasteiger partial charge in [0.1, 0.15) is 5.75 Å². The van der Waals surface area contributed by atoms with Crippen LogP contribution in [0, 0.1) is 0 Å². The van der Waals surface area contributed by atoms with E-state index in [1.54, 1.807) is 19.2 Å². The highest BCUT2D eigenvalue weighted by atomic mass is 32.2. The number of primary sulfonamides is 1. The maximum absolute atomic E-state index is 11.8. The van der Waals surface area contributed by atoms with Crippen LogP contribution in [0.5, 0.6) is 5.75 Å². The summed E-state index contributed by atoms with van der Waals surface area (Å²) in [4.78, 5) is 11.6. The third-order valence-electron chi connectivity index (χ3n) is 2.81. The van der Waals surface area contributed by atoms with E-state index in [0.717, 1.165) is 17.4 Å². The first-order valence-electron chi connectivity index (χ1n) is 5.76. The van der Waals surface area contributed by atoms with Crippen molar-refractivity contribution in [2.45, 2.75) is 11.4 Å². The lowest BCUT2D eigenvalue weighted by Gasteiger charge is -2.07. The Bertz CT molecular complexity index is 764. The van der Waals surface area contributed by atoms with Crippen LogP contribution < -0.4 is 15.4 Å². The molecule has 1 aromatic heterocycles. The summed E-state index contributed by atoms with van der Waals surface area (Å²) in [5.41, 5.74) is 0.476. The molecule has 0 fully saturated rings. The molecule has 2 aromatic rings. The third-order valence-corrected chi connectivity index (χ3v) is 3.72. The van der Waals surface area contributed by atoms with Gasteiger partial charge in [-0.25, -0.2) is 13.6 Å². The van der Waals surface area contributed by atoms with Crippen LogP contribution in [0.2, 0.25) is 0 Å². The van der Waals surface area contributed by atoms with Gasteiger partial charge in [0.15, 0.2) is 0 Å². The van der Waals surface area contributed by atoms with Crippen LogP contribution in [-0.2, 0) is 16.6 Å². The van der Waals surface area contributed by atoms with E-state index < -0.39 is 15.6 Å². The van der Waals surface area contributed by atoms with Crippen LogP contribution in [0.15, 0.2) is 52.3 Å². The molecule has 6 nitrogen and oxygen atoms in total. The number of pyridine rings is 1. The van der Waals surface area contributed by atoms with E-state index in [9.17, 15) is 13.2 Å². The maximum Gasteiger partial charge on any atom is 0.252 e. The molecule has 0 radical (unpaired) electrons. The summed E-state index contributed by atoms with van der Waals surface area (Å²) >= 11 is 0. The lowest BCUT2D eigenvalue weighted by Crippen LogP contribution is -2.22. The Kier molecular flexibility index (Phi) is 3.91. The molecule has 2 rings (SSSR count). The second-order valence-electron chi connectivity index (χ2n) is 4.22. The van der Waals surface area contributed by atoms with Gasteiger partial charge in [-0.2, -0.15) is 0 Å². The molecule has 2 N–H and O–H groups in total. The number of hydrogen-bond acceptors (Lipinski definition) is 4. The maximum atomic E-state index is 11.8. The van der Waals surface area contributed by atoms with Gasteiger partial charge >= 0.3 is 0 Å². The molecule has 0 aliphatic heterocycles. The van der Waals surface area contributed by atoms with E-state index in [1.165, 1.54) is 16.8 Å². The average Bonchev–Trinajstić information content (AvgIpc) is 2.41. The molecule has 106 valence electrons. The van der Waals surface area contributed by atoms with Crippen molar-refractivity contribution in [1.29, 1.82) is 0 Å². The highest BCUT2D eigenvalue weighted by Gasteiger charge is 2.09. The summed E-state index contributed by atoms with van der Waals surface area (Å²) in [6.45, 7) is 0.341. The second-order valence-corrected chi connectivity index (χ2v) is 5.78. The fourth-order valence-corrected chi connectivity index (χ4v) is 2.24. The van der Waals surface area contributed by atoms with E-state index >= 15 is 0 Å². The normalized spacial score (nSPS) is 11.3. The summed E-state index contributed by atoms with van der Waals surface area (Å²) in [5.74, 6) is 0.727. The van der Waals surface area contributed by atoms with E-state index in [2.05, 4.69) is 0 Å². The van der Waals surface area contributed by atoms with Crippen molar-refractivity contribution in [3.63, 3.8) is 0 Å². The van der Waals surface area contributed by atoms with Gasteiger partial charge in [-0.1, -0.05) is 12.1 Å². The van der Waals surface area contributed by atoms with Gasteiger partial charge < -0.3 is 9.30 Å². The fraction of sp³-hybridized carbons (Fsp3) is 0.154. The molecule has 0 atom stereocenters. The quantitative estimate of drug-likeness (QED) is 0.891. The van der Waals surface area contributed by atoms with Gasteiger partial charge in [-0.05, 0) is 23.8 Å². The smallest absolute Gasteiger partial charge is 0.252 e. The standard InChI is InChI=1S/C13H14N2O4S/c1-19-11-4-2-10(3-5-11)9-15-7-6-12(8-13(15)16)20(14,17)18/h2-8H,9H2,1H3,(H2,14,17,18). The summed E-state index contributed by atoms with van der Waals surface area (Å²) in [5, 5.41) is 4.97. The zero-order chi connectivity index (χ0) is 14.8. The first-order chi connectivity index (χ1) is 9.40. The van der Waals surface area contributed by atoms with Crippen molar-refractivity contribution in [3.8, 4) is 5.75 Å². The first-order valence-corrected chi connectivity index (χ1v) is 7.31. The topological polar surface area (TPSA) is 91.4 Å². The molecule has 7 heteroatoms. The average molecular weight is 294 g/mol. The van der Waals surface area contributed by atoms with Crippen molar-refractivity contribution in [2.24, 2.45) is 5.14 Å². The van der Waals surface area contributed by atoms with Crippen LogP contribution in [0.25, 0.3) is 0 Å². The van der Waals surface area contributed by atoms with Crippen molar-refractivity contribution in [3.05, 3.63) is 58.5 Å². The Morgan fingerprint density at radius 2 is 1.85 bits per heavy atom. The monoisotopic (exact) mass is 294 g/mol. The molecule has 1 aromatic carbocycles. The number of rotatable bonds is 4. The molecule has 20 heavy (non-hydrogen) atoms. The largest absolute Gasteiger partial charge is 0.497 e. The number of benzene rings is 1. The van der Waals surface area contributed by atoms with Crippen LogP contribution in [0.1, 0.15) is 5.56 Å². The molecule has 0 unspecified atom stereocenters. The van der Waals surface area contributed by atoms with Gasteiger partial charge in [0.05, 0.1) is 18.6 Å². The van der Waals surface area contributed by atoms with Crippen LogP contribution in [-0.4, -0.2) is 20.1 Å². The van der Waals surface area contributed by atoms with Gasteiger partial charge in [-0.15, -0.1) is 0 Å². The molecule has 0 aliphatic rings. The third kappa shape index (κ3) is 3.25. The van der Waals surface area contributed by atoms with Crippen LogP contribution in [0.3, 0.4) is 0 Å². The Morgan fingerprint density at radius 3 is 2.35 bits per heavy atom. The Balaban J connectivity index is 2.28. The highest BCUT2D eigenvalue weighted by molar-refractivity contribution is 7.89. The molecule has 0 saturated heterocycles. The predicted octanol–water partition coefficient (Wildman–Crippen LogP) is 0.553. The van der Waals surface area contributed by atoms with E-state index in [1.807, 2.05) is 12.1 Å². The first kappa shape index (κ1) is 14.3. The van der Waals surface area contributed by atoms with Crippen molar-refractivity contribution in [2.75, 3.05) is 7.11 Å². The van der Waals surface area contributed by atoms with E-state index in [4.69, 9.17) is 9.88 Å². The SMILES string of the molecule is COc1ccc(Cn2ccc(S(N)(=O)=O)cc2=O)cc1. The molecule has 0 amide bonds. The van der Waals surface area contributed by atoms with Gasteiger partial charge in [0.25, 0.3) is 5.56 Å². The minimum Gasteiger partial charge on any atom is -0.497 e. The number of nitrogens with two attached hydrogens (primary N) is 1. The summed E-state index contributed by atoms with van der Waals surface area (Å²) in [6, 6.07) is 9.56. The number of sulfonamides is 1. The summed E-state index contributed by atoms with van der Waals surface area (Å²) < 4.78 is 28.7. The summed E-state index contributed by atoms with van der Waals surface area (Å²) in [7, 11) is -2.28. The van der Waals surface area contributed by atoms with Crippen LogP contribution >= 0.6 is 0 Å². The van der Waals surface area contributed by atoms with Gasteiger partial charge in [0, 0.05) is 12.3 Å².